The van der Waals surface area contributed by atoms with E-state index in [-0.39, 0.29) is 39.0 Å². The number of hydrogen-bond acceptors (Lipinski definition) is 4. The van der Waals surface area contributed by atoms with Gasteiger partial charge in [-0.15, -0.1) is 0 Å². The number of rotatable bonds is 7. The van der Waals surface area contributed by atoms with Crippen molar-refractivity contribution >= 4 is 5.78 Å². The first-order valence-electron chi connectivity index (χ1n) is 11.8. The molecule has 30 heavy (non-hydrogen) atoms. The van der Waals surface area contributed by atoms with Crippen molar-refractivity contribution < 1.29 is 40.9 Å². The Balaban J connectivity index is 1.72. The molecule has 0 aromatic rings. The number of aliphatic hydroxyl groups excluding tert-OH is 2. The van der Waals surface area contributed by atoms with Crippen molar-refractivity contribution in [3.63, 3.8) is 0 Å². The van der Waals surface area contributed by atoms with Crippen LogP contribution in [-0.4, -0.2) is 42.8 Å². The van der Waals surface area contributed by atoms with Gasteiger partial charge in [0, 0.05) is 0 Å². The predicted octanol–water partition coefficient (Wildman–Crippen LogP) is 1.10. The van der Waals surface area contributed by atoms with Gasteiger partial charge in [0.1, 0.15) is 0 Å². The molecule has 172 valence electrons. The van der Waals surface area contributed by atoms with E-state index in [1.807, 2.05) is 0 Å². The minimum absolute atomic E-state index is 0.0618. The molecule has 0 spiro atoms. The van der Waals surface area contributed by atoms with Crippen LogP contribution in [0.25, 0.3) is 0 Å². The molecule has 1 saturated carbocycles. The Labute approximate surface area is 192 Å². The first-order chi connectivity index (χ1) is 14.3. The van der Waals surface area contributed by atoms with Crippen LogP contribution in [0.15, 0.2) is 23.8 Å². The number of carbonyl (C=O) groups excluding carboxylic acids is 1. The van der Waals surface area contributed by atoms with Crippen LogP contribution >= 0.6 is 0 Å². The second-order valence-electron chi connectivity index (χ2n) is 9.82. The normalized spacial score (nSPS) is 39.2. The van der Waals surface area contributed by atoms with Crippen LogP contribution in [0.3, 0.4) is 0 Å². The molecule has 0 bridgehead atoms. The molecule has 0 heterocycles. The van der Waals surface area contributed by atoms with Gasteiger partial charge in [-0.25, -0.2) is 0 Å². The Morgan fingerprint density at radius 2 is 2.07 bits per heavy atom. The zero-order valence-electron chi connectivity index (χ0n) is 19.0. The Bertz CT molecular complexity index is 645. The van der Waals surface area contributed by atoms with Gasteiger partial charge in [-0.1, -0.05) is 0 Å². The Morgan fingerprint density at radius 1 is 1.30 bits per heavy atom. The van der Waals surface area contributed by atoms with E-state index in [9.17, 15) is 15.0 Å². The number of ether oxygens (including phenoxy) is 1. The third-order valence-electron chi connectivity index (χ3n) is 7.25. The summed E-state index contributed by atoms with van der Waals surface area (Å²) in [5.41, 5.74) is 1.39. The average molecular weight is 531 g/mol. The minimum atomic E-state index is -0.703. The molecule has 3 rings (SSSR count). The van der Waals surface area contributed by atoms with Gasteiger partial charge in [0.15, 0.2) is 0 Å². The number of carbonyl (C=O) groups is 1. The van der Waals surface area contributed by atoms with E-state index in [4.69, 9.17) is 4.74 Å². The molecule has 0 aromatic heterocycles. The second-order valence-corrected chi connectivity index (χ2v) is 13.3. The standard InChI is InChI=1S/C25H40IO4/c1-5-16(3)25(29)30-23-11-15(2)10-18-7-6-17(4)22(24(18)23)14-26-19-8-9-20(27)13-21(28)12-19/h6-7,10,15-17,19,21-25,28-29H,5,8-9,11-14H2,1-4H3/q-1/t15-,16-,17-,19?,21+,22?,23-,24-,25?/m0/s1. The van der Waals surface area contributed by atoms with E-state index in [1.165, 1.54) is 10.0 Å². The first-order valence-corrected chi connectivity index (χ1v) is 14.6. The zero-order chi connectivity index (χ0) is 21.8. The fourth-order valence-electron chi connectivity index (χ4n) is 5.10. The maximum atomic E-state index is 11.8. The summed E-state index contributed by atoms with van der Waals surface area (Å²) < 4.78 is 8.03. The first kappa shape index (κ1) is 24.4. The molecule has 4 nitrogen and oxygen atoms in total. The average Bonchev–Trinajstić information content (AvgIpc) is 2.86. The maximum absolute atomic E-state index is 11.8. The van der Waals surface area contributed by atoms with Crippen molar-refractivity contribution in [2.24, 2.45) is 29.6 Å². The molecule has 0 aliphatic heterocycles. The van der Waals surface area contributed by atoms with Gasteiger partial charge in [0.2, 0.25) is 0 Å². The van der Waals surface area contributed by atoms with Gasteiger partial charge >= 0.3 is 193 Å². The predicted molar refractivity (Wildman–Crippen MR) is 116 cm³/mol. The van der Waals surface area contributed by atoms with Crippen LogP contribution in [0.5, 0.6) is 0 Å². The van der Waals surface area contributed by atoms with E-state index in [1.54, 1.807) is 0 Å². The molecule has 0 amide bonds. The number of hydrogen-bond donors (Lipinski definition) is 2. The number of halogens is 1. The second kappa shape index (κ2) is 11.1. The summed E-state index contributed by atoms with van der Waals surface area (Å²) in [5.74, 6) is 2.18. The van der Waals surface area contributed by atoms with E-state index in [0.717, 1.165) is 25.7 Å². The van der Waals surface area contributed by atoms with Crippen LogP contribution < -0.4 is 21.2 Å². The molecule has 0 aromatic carbocycles. The molecule has 5 heteroatoms. The van der Waals surface area contributed by atoms with Gasteiger partial charge in [0.25, 0.3) is 0 Å². The molecule has 0 radical (unpaired) electrons. The monoisotopic (exact) mass is 531 g/mol. The van der Waals surface area contributed by atoms with Crippen molar-refractivity contribution in [2.75, 3.05) is 4.43 Å². The molecule has 3 aliphatic carbocycles. The molecule has 3 unspecified atom stereocenters. The molecular weight excluding hydrogens is 491 g/mol. The summed E-state index contributed by atoms with van der Waals surface area (Å²) in [7, 11) is 0. The fraction of sp³-hybridized carbons (Fsp3) is 0.800. The van der Waals surface area contributed by atoms with Crippen LogP contribution in [-0.2, 0) is 9.53 Å². The van der Waals surface area contributed by atoms with Crippen molar-refractivity contribution in [2.45, 2.75) is 88.6 Å². The van der Waals surface area contributed by atoms with Crippen LogP contribution in [0.4, 0.5) is 0 Å². The van der Waals surface area contributed by atoms with Crippen molar-refractivity contribution in [3.05, 3.63) is 23.8 Å². The van der Waals surface area contributed by atoms with Crippen LogP contribution in [0.2, 0.25) is 0 Å². The molecule has 1 fully saturated rings. The van der Waals surface area contributed by atoms with Gasteiger partial charge in [-0.2, -0.15) is 0 Å². The topological polar surface area (TPSA) is 66.8 Å². The molecule has 0 saturated heterocycles. The molecule has 9 atom stereocenters. The summed E-state index contributed by atoms with van der Waals surface area (Å²) >= 11 is -0.106. The number of ketones is 1. The van der Waals surface area contributed by atoms with E-state index in [0.29, 0.717) is 40.4 Å². The number of Topliss-reactive ketones (excluding diaryl/α,β-unsaturated/α-hetero) is 1. The quantitative estimate of drug-likeness (QED) is 0.224. The summed E-state index contributed by atoms with van der Waals surface area (Å²) in [4.78, 5) is 11.8. The zero-order valence-corrected chi connectivity index (χ0v) is 21.1. The summed E-state index contributed by atoms with van der Waals surface area (Å²) in [5, 5.41) is 20.8. The van der Waals surface area contributed by atoms with Gasteiger partial charge in [-0.05, 0) is 0 Å². The number of allylic oxidation sites excluding steroid dienone is 3. The third-order valence-corrected chi connectivity index (χ3v) is 11.2. The van der Waals surface area contributed by atoms with Crippen molar-refractivity contribution in [3.8, 4) is 0 Å². The Kier molecular flexibility index (Phi) is 9.00. The fourth-order valence-corrected chi connectivity index (χ4v) is 9.45. The Hall–Kier alpha value is -0.240. The van der Waals surface area contributed by atoms with Gasteiger partial charge in [0.05, 0.1) is 0 Å². The van der Waals surface area contributed by atoms with Gasteiger partial charge < -0.3 is 0 Å². The molecule has 2 N–H and O–H groups in total. The number of aliphatic hydroxyl groups is 2. The van der Waals surface area contributed by atoms with Crippen LogP contribution in [0.1, 0.15) is 66.2 Å². The molecule has 3 aliphatic rings. The van der Waals surface area contributed by atoms with Gasteiger partial charge in [-0.3, -0.25) is 0 Å². The third kappa shape index (κ3) is 6.17. The molecular formula is C25H40IO4-. The summed E-state index contributed by atoms with van der Waals surface area (Å²) in [6.45, 7) is 8.70. The van der Waals surface area contributed by atoms with E-state index in [2.05, 4.69) is 45.9 Å². The summed E-state index contributed by atoms with van der Waals surface area (Å²) in [6.07, 6.45) is 10.6. The van der Waals surface area contributed by atoms with Crippen LogP contribution in [0, 0.1) is 29.6 Å². The Morgan fingerprint density at radius 3 is 2.80 bits per heavy atom. The van der Waals surface area contributed by atoms with Crippen molar-refractivity contribution in [1.29, 1.82) is 0 Å². The van der Waals surface area contributed by atoms with E-state index < -0.39 is 12.4 Å². The van der Waals surface area contributed by atoms with Crippen molar-refractivity contribution in [1.82, 2.24) is 0 Å². The SMILES string of the molecule is CC[C@H](C)C(O)O[C@H]1C[C@@H](C)C=C2C=C[C@H](C)C(C[I-]C3CCC(=O)C[C@H](O)C3)[C@H]21. The number of fused-ring (bicyclic) bond motifs is 1. The van der Waals surface area contributed by atoms with E-state index >= 15 is 0 Å². The summed E-state index contributed by atoms with van der Waals surface area (Å²) in [6, 6.07) is 0. The number of alkyl halides is 2.